The van der Waals surface area contributed by atoms with Gasteiger partial charge in [-0.05, 0) is 73.0 Å². The Balaban J connectivity index is 1.01. The summed E-state index contributed by atoms with van der Waals surface area (Å²) in [5.41, 5.74) is 3.85. The molecule has 4 heterocycles. The van der Waals surface area contributed by atoms with Gasteiger partial charge in [0, 0.05) is 36.8 Å². The number of furan rings is 1. The topological polar surface area (TPSA) is 100 Å². The van der Waals surface area contributed by atoms with Gasteiger partial charge < -0.3 is 14.6 Å². The molecule has 2 fully saturated rings. The predicted octanol–water partition coefficient (Wildman–Crippen LogP) is 5.22. The van der Waals surface area contributed by atoms with E-state index in [9.17, 15) is 9.59 Å². The van der Waals surface area contributed by atoms with Crippen LogP contribution in [0.2, 0.25) is 0 Å². The Labute approximate surface area is 224 Å². The molecule has 0 radical (unpaired) electrons. The summed E-state index contributed by atoms with van der Waals surface area (Å²) >= 11 is 0.892. The van der Waals surface area contributed by atoms with Crippen LogP contribution in [0.3, 0.4) is 0 Å². The van der Waals surface area contributed by atoms with E-state index in [1.807, 2.05) is 18.2 Å². The monoisotopic (exact) mass is 525 g/mol. The molecule has 4 aromatic rings. The number of benzene rings is 2. The number of piperidine rings is 1. The molecule has 2 aliphatic rings. The average molecular weight is 526 g/mol. The molecule has 0 saturated carbocycles. The summed E-state index contributed by atoms with van der Waals surface area (Å²) in [6, 6.07) is 20.4. The van der Waals surface area contributed by atoms with E-state index >= 15 is 0 Å². The Morgan fingerprint density at radius 3 is 2.76 bits per heavy atom. The third-order valence-corrected chi connectivity index (χ3v) is 7.69. The molecular formula is C29H27N5O3S. The summed E-state index contributed by atoms with van der Waals surface area (Å²) in [5.74, 6) is 1.75. The van der Waals surface area contributed by atoms with Crippen molar-refractivity contribution in [3.63, 3.8) is 0 Å². The Hall–Kier alpha value is -3.95. The first-order chi connectivity index (χ1) is 18.6. The van der Waals surface area contributed by atoms with Crippen LogP contribution in [-0.4, -0.2) is 40.7 Å². The number of thioether (sulfide) groups is 1. The highest BCUT2D eigenvalue weighted by Gasteiger charge is 2.25. The largest absolute Gasteiger partial charge is 0.456 e. The lowest BCUT2D eigenvalue weighted by Crippen LogP contribution is -2.38. The van der Waals surface area contributed by atoms with Crippen LogP contribution in [0.4, 0.5) is 10.7 Å². The maximum atomic E-state index is 11.8. The fourth-order valence-corrected chi connectivity index (χ4v) is 5.53. The minimum atomic E-state index is -0.380. The maximum absolute atomic E-state index is 11.8. The number of rotatable bonds is 7. The molecule has 2 aliphatic heterocycles. The highest BCUT2D eigenvalue weighted by Crippen LogP contribution is 2.29. The molecule has 0 bridgehead atoms. The van der Waals surface area contributed by atoms with Crippen LogP contribution in [0.5, 0.6) is 0 Å². The van der Waals surface area contributed by atoms with Crippen LogP contribution in [0.15, 0.2) is 76.2 Å². The minimum Gasteiger partial charge on any atom is -0.456 e. The lowest BCUT2D eigenvalue weighted by Gasteiger charge is -2.32. The number of fused-ring (bicyclic) bond motifs is 1. The molecule has 2 aromatic heterocycles. The van der Waals surface area contributed by atoms with Gasteiger partial charge in [0.2, 0.25) is 5.95 Å². The van der Waals surface area contributed by atoms with Crippen LogP contribution in [-0.2, 0) is 11.3 Å². The summed E-state index contributed by atoms with van der Waals surface area (Å²) in [7, 11) is 0. The zero-order valence-corrected chi connectivity index (χ0v) is 21.5. The molecule has 38 heavy (non-hydrogen) atoms. The zero-order chi connectivity index (χ0) is 25.9. The SMILES string of the molecule is O=C1NC(=O)/C(=C\c2ccnc(N3CCC(CNCc4cccc(-c5cc6ccccc6o5)c4)CC3)n2)S1. The number of hydrogen-bond acceptors (Lipinski definition) is 8. The van der Waals surface area contributed by atoms with Crippen molar-refractivity contribution < 1.29 is 14.0 Å². The zero-order valence-electron chi connectivity index (χ0n) is 20.7. The van der Waals surface area contributed by atoms with E-state index in [0.717, 1.165) is 73.1 Å². The van der Waals surface area contributed by atoms with Gasteiger partial charge in [-0.25, -0.2) is 9.97 Å². The third kappa shape index (κ3) is 5.49. The number of aromatic nitrogens is 2. The number of carbonyl (C=O) groups excluding carboxylic acids is 2. The van der Waals surface area contributed by atoms with Crippen LogP contribution < -0.4 is 15.5 Å². The van der Waals surface area contributed by atoms with Crippen LogP contribution in [0, 0.1) is 5.92 Å². The summed E-state index contributed by atoms with van der Waals surface area (Å²) < 4.78 is 6.03. The van der Waals surface area contributed by atoms with Crippen molar-refractivity contribution in [2.24, 2.45) is 5.92 Å². The van der Waals surface area contributed by atoms with E-state index in [-0.39, 0.29) is 11.1 Å². The van der Waals surface area contributed by atoms with Gasteiger partial charge in [-0.15, -0.1) is 0 Å². The molecule has 6 rings (SSSR count). The Kier molecular flexibility index (Phi) is 6.94. The van der Waals surface area contributed by atoms with Gasteiger partial charge in [0.15, 0.2) is 0 Å². The van der Waals surface area contributed by atoms with E-state index in [1.54, 1.807) is 18.3 Å². The highest BCUT2D eigenvalue weighted by atomic mass is 32.2. The first kappa shape index (κ1) is 24.4. The Bertz CT molecular complexity index is 1490. The summed E-state index contributed by atoms with van der Waals surface area (Å²) in [5, 5.41) is 6.66. The molecule has 2 aromatic carbocycles. The number of anilines is 1. The molecule has 2 amide bonds. The third-order valence-electron chi connectivity index (χ3n) is 6.88. The predicted molar refractivity (Wildman–Crippen MR) is 149 cm³/mol. The number of para-hydroxylation sites is 1. The van der Waals surface area contributed by atoms with Crippen molar-refractivity contribution in [3.8, 4) is 11.3 Å². The minimum absolute atomic E-state index is 0.354. The summed E-state index contributed by atoms with van der Waals surface area (Å²) in [4.78, 5) is 34.8. The van der Waals surface area contributed by atoms with Crippen molar-refractivity contribution >= 4 is 45.9 Å². The van der Waals surface area contributed by atoms with Gasteiger partial charge in [-0.1, -0.05) is 36.4 Å². The van der Waals surface area contributed by atoms with Crippen molar-refractivity contribution in [1.29, 1.82) is 0 Å². The fourth-order valence-electron chi connectivity index (χ4n) is 4.87. The molecule has 9 heteroatoms. The van der Waals surface area contributed by atoms with Crippen LogP contribution in [0.25, 0.3) is 28.4 Å². The quantitative estimate of drug-likeness (QED) is 0.317. The molecule has 8 nitrogen and oxygen atoms in total. The maximum Gasteiger partial charge on any atom is 0.290 e. The average Bonchev–Trinajstić information content (AvgIpc) is 3.51. The summed E-state index contributed by atoms with van der Waals surface area (Å²) in [6.07, 6.45) is 5.43. The number of imide groups is 1. The van der Waals surface area contributed by atoms with Crippen molar-refractivity contribution in [2.45, 2.75) is 19.4 Å². The molecule has 0 unspecified atom stereocenters. The molecule has 2 saturated heterocycles. The van der Waals surface area contributed by atoms with Gasteiger partial charge in [0.05, 0.1) is 10.6 Å². The molecule has 2 N–H and O–H groups in total. The smallest absolute Gasteiger partial charge is 0.290 e. The van der Waals surface area contributed by atoms with E-state index < -0.39 is 0 Å². The first-order valence-electron chi connectivity index (χ1n) is 12.7. The van der Waals surface area contributed by atoms with E-state index in [0.29, 0.717) is 22.5 Å². The molecule has 0 atom stereocenters. The van der Waals surface area contributed by atoms with Crippen molar-refractivity contribution in [3.05, 3.63) is 83.0 Å². The van der Waals surface area contributed by atoms with Crippen molar-refractivity contribution in [1.82, 2.24) is 20.6 Å². The lowest BCUT2D eigenvalue weighted by molar-refractivity contribution is -0.115. The Morgan fingerprint density at radius 2 is 1.95 bits per heavy atom. The molecule has 0 spiro atoms. The van der Waals surface area contributed by atoms with Gasteiger partial charge in [-0.3, -0.25) is 14.9 Å². The van der Waals surface area contributed by atoms with Gasteiger partial charge >= 0.3 is 0 Å². The Morgan fingerprint density at radius 1 is 1.08 bits per heavy atom. The van der Waals surface area contributed by atoms with Crippen LogP contribution in [0.1, 0.15) is 24.1 Å². The van der Waals surface area contributed by atoms with E-state index in [4.69, 9.17) is 4.42 Å². The number of nitrogens with zero attached hydrogens (tertiary/aromatic N) is 3. The highest BCUT2D eigenvalue weighted by molar-refractivity contribution is 8.18. The molecule has 192 valence electrons. The molecule has 0 aliphatic carbocycles. The van der Waals surface area contributed by atoms with E-state index in [1.165, 1.54) is 5.56 Å². The van der Waals surface area contributed by atoms with Crippen molar-refractivity contribution in [2.75, 3.05) is 24.5 Å². The fraction of sp³-hybridized carbons (Fsp3) is 0.241. The van der Waals surface area contributed by atoms with Gasteiger partial charge in [0.25, 0.3) is 11.1 Å². The second kappa shape index (κ2) is 10.8. The number of amides is 2. The number of nitrogens with one attached hydrogen (secondary N) is 2. The van der Waals surface area contributed by atoms with Gasteiger partial charge in [0.1, 0.15) is 11.3 Å². The van der Waals surface area contributed by atoms with E-state index in [2.05, 4.69) is 61.9 Å². The van der Waals surface area contributed by atoms with Crippen LogP contribution >= 0.6 is 11.8 Å². The molecular weight excluding hydrogens is 498 g/mol. The summed E-state index contributed by atoms with van der Waals surface area (Å²) in [6.45, 7) is 3.52. The normalized spacial score (nSPS) is 17.5. The second-order valence-corrected chi connectivity index (χ2v) is 10.6. The lowest BCUT2D eigenvalue weighted by atomic mass is 9.97. The van der Waals surface area contributed by atoms with Gasteiger partial charge in [-0.2, -0.15) is 0 Å². The standard InChI is InChI=1S/C29H27N5O3S/c35-27-26(38-29(36)33-27)16-23-8-11-31-28(32-23)34-12-9-19(10-13-34)17-30-18-20-4-3-6-21(14-20)25-15-22-5-1-2-7-24(22)37-25/h1-8,11,14-16,19,30H,9-10,12-13,17-18H2,(H,33,35,36)/b26-16+. The first-order valence-corrected chi connectivity index (χ1v) is 13.5. The number of hydrogen-bond donors (Lipinski definition) is 2. The number of carbonyl (C=O) groups is 2. The second-order valence-electron chi connectivity index (χ2n) is 9.54.